The smallest absolute Gasteiger partial charge is 0.309 e. The molecule has 26 heavy (non-hydrogen) atoms. The minimum absolute atomic E-state index is 0.232. The molecule has 0 aliphatic carbocycles. The van der Waals surface area contributed by atoms with E-state index in [0.29, 0.717) is 23.4 Å². The van der Waals surface area contributed by atoms with Gasteiger partial charge in [0, 0.05) is 16.8 Å². The van der Waals surface area contributed by atoms with Gasteiger partial charge in [0.2, 0.25) is 0 Å². The Labute approximate surface area is 151 Å². The Morgan fingerprint density at radius 2 is 1.92 bits per heavy atom. The fraction of sp³-hybridized carbons (Fsp3) is 0.300. The van der Waals surface area contributed by atoms with E-state index < -0.39 is 5.91 Å². The van der Waals surface area contributed by atoms with Crippen molar-refractivity contribution in [3.63, 3.8) is 0 Å². The minimum Gasteiger partial charge on any atom is -0.495 e. The van der Waals surface area contributed by atoms with Gasteiger partial charge in [-0.25, -0.2) is 0 Å². The molecule has 0 spiro atoms. The third-order valence-electron chi connectivity index (χ3n) is 4.33. The summed E-state index contributed by atoms with van der Waals surface area (Å²) >= 11 is 0. The first-order valence-corrected chi connectivity index (χ1v) is 8.49. The van der Waals surface area contributed by atoms with Gasteiger partial charge in [0.25, 0.3) is 5.91 Å². The lowest BCUT2D eigenvalue weighted by molar-refractivity contribution is -0.151. The molecule has 0 aliphatic rings. The van der Waals surface area contributed by atoms with E-state index in [1.165, 1.54) is 7.11 Å². The lowest BCUT2D eigenvalue weighted by Crippen LogP contribution is -2.23. The van der Waals surface area contributed by atoms with Gasteiger partial charge in [-0.05, 0) is 18.6 Å². The summed E-state index contributed by atoms with van der Waals surface area (Å²) in [6.07, 6.45) is 0.664. The molecule has 1 N–H and O–H groups in total. The van der Waals surface area contributed by atoms with Gasteiger partial charge in [0.15, 0.2) is 6.61 Å². The van der Waals surface area contributed by atoms with Crippen molar-refractivity contribution in [3.8, 4) is 5.75 Å². The van der Waals surface area contributed by atoms with Gasteiger partial charge in [-0.1, -0.05) is 32.0 Å². The normalized spacial score (nSPS) is 12.1. The molecule has 0 bridgehead atoms. The van der Waals surface area contributed by atoms with E-state index in [4.69, 9.17) is 13.9 Å². The van der Waals surface area contributed by atoms with Crippen LogP contribution in [-0.4, -0.2) is 25.6 Å². The van der Waals surface area contributed by atoms with Crippen LogP contribution in [0.25, 0.3) is 21.9 Å². The van der Waals surface area contributed by atoms with Gasteiger partial charge < -0.3 is 19.2 Å². The van der Waals surface area contributed by atoms with Crippen molar-refractivity contribution in [1.82, 2.24) is 0 Å². The fourth-order valence-electron chi connectivity index (χ4n) is 2.65. The number of anilines is 1. The Morgan fingerprint density at radius 1 is 1.15 bits per heavy atom. The van der Waals surface area contributed by atoms with Crippen LogP contribution in [-0.2, 0) is 14.3 Å². The number of furan rings is 1. The Hall–Kier alpha value is -3.02. The van der Waals surface area contributed by atoms with Gasteiger partial charge in [0.05, 0.1) is 18.7 Å². The van der Waals surface area contributed by atoms with Crippen LogP contribution in [0.5, 0.6) is 5.75 Å². The quantitative estimate of drug-likeness (QED) is 0.673. The Kier molecular flexibility index (Phi) is 5.11. The number of benzene rings is 2. The van der Waals surface area contributed by atoms with Crippen molar-refractivity contribution in [1.29, 1.82) is 0 Å². The number of esters is 1. The number of fused-ring (bicyclic) bond motifs is 3. The standard InChI is InChI=1S/C20H21NO5/c1-4-12(2)20(23)25-11-19(22)21-15-10-17-14(9-18(15)24-3)13-7-5-6-8-16(13)26-17/h5-10,12H,4,11H2,1-3H3,(H,21,22). The lowest BCUT2D eigenvalue weighted by atomic mass is 10.1. The van der Waals surface area contributed by atoms with E-state index in [2.05, 4.69) is 5.32 Å². The molecule has 1 unspecified atom stereocenters. The number of nitrogens with one attached hydrogen (secondary N) is 1. The molecule has 1 aromatic heterocycles. The molecule has 3 rings (SSSR count). The molecule has 0 fully saturated rings. The number of para-hydroxylation sites is 1. The maximum atomic E-state index is 12.1. The summed E-state index contributed by atoms with van der Waals surface area (Å²) in [5.74, 6) is -0.548. The molecule has 6 nitrogen and oxygen atoms in total. The van der Waals surface area contributed by atoms with E-state index in [1.807, 2.05) is 37.3 Å². The van der Waals surface area contributed by atoms with Crippen molar-refractivity contribution < 1.29 is 23.5 Å². The van der Waals surface area contributed by atoms with E-state index in [0.717, 1.165) is 16.4 Å². The number of ether oxygens (including phenoxy) is 2. The molecule has 0 radical (unpaired) electrons. The van der Waals surface area contributed by atoms with Crippen LogP contribution in [0.2, 0.25) is 0 Å². The van der Waals surface area contributed by atoms with Crippen LogP contribution in [0.4, 0.5) is 5.69 Å². The summed E-state index contributed by atoms with van der Waals surface area (Å²) < 4.78 is 16.2. The van der Waals surface area contributed by atoms with Crippen molar-refractivity contribution in [2.75, 3.05) is 19.0 Å². The van der Waals surface area contributed by atoms with Crippen molar-refractivity contribution >= 4 is 39.5 Å². The van der Waals surface area contributed by atoms with Gasteiger partial charge in [-0.3, -0.25) is 9.59 Å². The predicted molar refractivity (Wildman–Crippen MR) is 99.3 cm³/mol. The average molecular weight is 355 g/mol. The molecular formula is C20H21NO5. The zero-order valence-electron chi connectivity index (χ0n) is 15.0. The average Bonchev–Trinajstić information content (AvgIpc) is 3.02. The van der Waals surface area contributed by atoms with Crippen LogP contribution in [0.1, 0.15) is 20.3 Å². The molecule has 1 amide bonds. The van der Waals surface area contributed by atoms with Gasteiger partial charge in [0.1, 0.15) is 16.9 Å². The highest BCUT2D eigenvalue weighted by Gasteiger charge is 2.16. The molecule has 0 saturated heterocycles. The van der Waals surface area contributed by atoms with Crippen LogP contribution in [0.15, 0.2) is 40.8 Å². The van der Waals surface area contributed by atoms with Gasteiger partial charge in [-0.15, -0.1) is 0 Å². The molecule has 136 valence electrons. The summed E-state index contributed by atoms with van der Waals surface area (Å²) in [4.78, 5) is 23.8. The number of carbonyl (C=O) groups excluding carboxylic acids is 2. The van der Waals surface area contributed by atoms with E-state index in [9.17, 15) is 9.59 Å². The lowest BCUT2D eigenvalue weighted by Gasteiger charge is -2.12. The molecule has 0 aliphatic heterocycles. The molecule has 1 heterocycles. The van der Waals surface area contributed by atoms with Gasteiger partial charge >= 0.3 is 5.97 Å². The molecule has 2 aromatic carbocycles. The number of hydrogen-bond donors (Lipinski definition) is 1. The predicted octanol–water partition coefficient (Wildman–Crippen LogP) is 4.12. The van der Waals surface area contributed by atoms with Crippen molar-refractivity contribution in [3.05, 3.63) is 36.4 Å². The van der Waals surface area contributed by atoms with Gasteiger partial charge in [-0.2, -0.15) is 0 Å². The summed E-state index contributed by atoms with van der Waals surface area (Å²) in [5.41, 5.74) is 1.86. The summed E-state index contributed by atoms with van der Waals surface area (Å²) in [7, 11) is 1.53. The molecule has 3 aromatic rings. The van der Waals surface area contributed by atoms with Crippen LogP contribution >= 0.6 is 0 Å². The Balaban J connectivity index is 1.81. The van der Waals surface area contributed by atoms with E-state index in [-0.39, 0.29) is 18.5 Å². The second-order valence-electron chi connectivity index (χ2n) is 6.11. The first-order chi connectivity index (χ1) is 12.5. The molecular weight excluding hydrogens is 334 g/mol. The molecule has 6 heteroatoms. The first-order valence-electron chi connectivity index (χ1n) is 8.49. The second-order valence-corrected chi connectivity index (χ2v) is 6.11. The van der Waals surface area contributed by atoms with Crippen molar-refractivity contribution in [2.24, 2.45) is 5.92 Å². The number of carbonyl (C=O) groups is 2. The first kappa shape index (κ1) is 17.8. The Morgan fingerprint density at radius 3 is 2.65 bits per heavy atom. The Bertz CT molecular complexity index is 959. The zero-order chi connectivity index (χ0) is 18.7. The minimum atomic E-state index is -0.435. The molecule has 0 saturated carbocycles. The van der Waals surface area contributed by atoms with Crippen molar-refractivity contribution in [2.45, 2.75) is 20.3 Å². The summed E-state index contributed by atoms with van der Waals surface area (Å²) in [5, 5.41) is 4.58. The monoisotopic (exact) mass is 355 g/mol. The number of hydrogen-bond acceptors (Lipinski definition) is 5. The third kappa shape index (κ3) is 3.49. The van der Waals surface area contributed by atoms with Crippen LogP contribution in [0, 0.1) is 5.92 Å². The number of methoxy groups -OCH3 is 1. The third-order valence-corrected chi connectivity index (χ3v) is 4.33. The zero-order valence-corrected chi connectivity index (χ0v) is 15.0. The molecule has 1 atom stereocenters. The largest absolute Gasteiger partial charge is 0.495 e. The van der Waals surface area contributed by atoms with Crippen LogP contribution < -0.4 is 10.1 Å². The van der Waals surface area contributed by atoms with E-state index >= 15 is 0 Å². The fourth-order valence-corrected chi connectivity index (χ4v) is 2.65. The topological polar surface area (TPSA) is 77.8 Å². The van der Waals surface area contributed by atoms with Crippen LogP contribution in [0.3, 0.4) is 0 Å². The highest BCUT2D eigenvalue weighted by Crippen LogP contribution is 2.36. The maximum absolute atomic E-state index is 12.1. The number of rotatable bonds is 6. The van der Waals surface area contributed by atoms with E-state index in [1.54, 1.807) is 13.0 Å². The SMILES string of the molecule is CCC(C)C(=O)OCC(=O)Nc1cc2oc3ccccc3c2cc1OC. The summed E-state index contributed by atoms with van der Waals surface area (Å²) in [6.45, 7) is 3.31. The number of amides is 1. The summed E-state index contributed by atoms with van der Waals surface area (Å²) in [6, 6.07) is 11.2. The second kappa shape index (κ2) is 7.47. The highest BCUT2D eigenvalue weighted by atomic mass is 16.5. The highest BCUT2D eigenvalue weighted by molar-refractivity contribution is 6.07. The maximum Gasteiger partial charge on any atom is 0.309 e.